The molecule has 1 unspecified atom stereocenters. The number of hydrogen-bond acceptors (Lipinski definition) is 2. The van der Waals surface area contributed by atoms with Crippen LogP contribution in [0.5, 0.6) is 0 Å². The molecule has 1 rings (SSSR count). The lowest BCUT2D eigenvalue weighted by Crippen LogP contribution is -2.27. The Hall–Kier alpha value is -0.0800. The molecule has 0 aliphatic carbocycles. The Kier molecular flexibility index (Phi) is 2.30. The van der Waals surface area contributed by atoms with Crippen molar-refractivity contribution in [3.8, 4) is 0 Å². The molecule has 1 aliphatic heterocycles. The van der Waals surface area contributed by atoms with E-state index in [9.17, 15) is 0 Å². The van der Waals surface area contributed by atoms with Gasteiger partial charge in [-0.3, -0.25) is 5.32 Å². The summed E-state index contributed by atoms with van der Waals surface area (Å²) in [7, 11) is 0. The molecule has 1 saturated heterocycles. The van der Waals surface area contributed by atoms with E-state index in [1.54, 1.807) is 0 Å². The lowest BCUT2D eigenvalue weighted by molar-refractivity contribution is 0.0859. The fraction of sp³-hybridized carbons (Fsp3) is 1.00. The molecule has 0 radical (unpaired) electrons. The summed E-state index contributed by atoms with van der Waals surface area (Å²) in [4.78, 5) is 0. The van der Waals surface area contributed by atoms with Gasteiger partial charge in [0.05, 0.1) is 0 Å². The molecule has 1 atom stereocenters. The molecule has 2 heteroatoms. The van der Waals surface area contributed by atoms with E-state index in [4.69, 9.17) is 4.74 Å². The summed E-state index contributed by atoms with van der Waals surface area (Å²) < 4.78 is 5.28. The summed E-state index contributed by atoms with van der Waals surface area (Å²) in [6.07, 6.45) is 2.77. The predicted molar refractivity (Wildman–Crippen MR) is 32.7 cm³/mol. The second-order valence-electron chi connectivity index (χ2n) is 2.06. The molecule has 1 N–H and O–H groups in total. The summed E-state index contributed by atoms with van der Waals surface area (Å²) in [6.45, 7) is 4.06. The van der Waals surface area contributed by atoms with E-state index < -0.39 is 0 Å². The van der Waals surface area contributed by atoms with Gasteiger partial charge in [0.15, 0.2) is 0 Å². The monoisotopic (exact) mass is 115 g/mol. The second-order valence-corrected chi connectivity index (χ2v) is 2.06. The minimum atomic E-state index is 0.361. The van der Waals surface area contributed by atoms with Gasteiger partial charge in [-0.05, 0) is 19.4 Å². The predicted octanol–water partition coefficient (Wildman–Crippen LogP) is 0.732. The molecule has 0 bridgehead atoms. The average Bonchev–Trinajstić information content (AvgIpc) is 2.19. The molecule has 0 saturated carbocycles. The van der Waals surface area contributed by atoms with Crippen LogP contribution in [0.3, 0.4) is 0 Å². The maximum atomic E-state index is 5.28. The number of ether oxygens (including phenoxy) is 1. The Morgan fingerprint density at radius 3 is 3.12 bits per heavy atom. The highest BCUT2D eigenvalue weighted by atomic mass is 16.5. The standard InChI is InChI=1S/C6H13NO/c1-2-7-6-4-3-5-8-6/h6-7H,2-5H2,1H3. The average molecular weight is 115 g/mol. The molecule has 1 aliphatic rings. The summed E-state index contributed by atoms with van der Waals surface area (Å²) in [5, 5.41) is 3.22. The topological polar surface area (TPSA) is 21.3 Å². The van der Waals surface area contributed by atoms with E-state index >= 15 is 0 Å². The van der Waals surface area contributed by atoms with Gasteiger partial charge in [0.1, 0.15) is 6.23 Å². The van der Waals surface area contributed by atoms with Crippen molar-refractivity contribution in [2.24, 2.45) is 0 Å². The van der Waals surface area contributed by atoms with Crippen LogP contribution in [-0.2, 0) is 4.74 Å². The van der Waals surface area contributed by atoms with E-state index in [-0.39, 0.29) is 0 Å². The lowest BCUT2D eigenvalue weighted by atomic mass is 10.3. The van der Waals surface area contributed by atoms with Crippen LogP contribution in [0, 0.1) is 0 Å². The third kappa shape index (κ3) is 1.46. The highest BCUT2D eigenvalue weighted by Crippen LogP contribution is 2.07. The molecule has 0 aromatic heterocycles. The van der Waals surface area contributed by atoms with E-state index in [0.717, 1.165) is 13.2 Å². The minimum Gasteiger partial charge on any atom is -0.363 e. The summed E-state index contributed by atoms with van der Waals surface area (Å²) >= 11 is 0. The van der Waals surface area contributed by atoms with E-state index in [1.807, 2.05) is 0 Å². The van der Waals surface area contributed by atoms with Crippen LogP contribution < -0.4 is 5.32 Å². The van der Waals surface area contributed by atoms with Crippen molar-refractivity contribution in [1.82, 2.24) is 5.32 Å². The van der Waals surface area contributed by atoms with Crippen molar-refractivity contribution in [3.63, 3.8) is 0 Å². The third-order valence-electron chi connectivity index (χ3n) is 1.36. The summed E-state index contributed by atoms with van der Waals surface area (Å²) in [5.41, 5.74) is 0. The lowest BCUT2D eigenvalue weighted by Gasteiger charge is -2.07. The molecule has 8 heavy (non-hydrogen) atoms. The van der Waals surface area contributed by atoms with Crippen LogP contribution in [0.1, 0.15) is 19.8 Å². The highest BCUT2D eigenvalue weighted by Gasteiger charge is 2.12. The Bertz CT molecular complexity index is 59.5. The summed E-state index contributed by atoms with van der Waals surface area (Å²) in [6, 6.07) is 0. The van der Waals surface area contributed by atoms with Crippen LogP contribution in [0.15, 0.2) is 0 Å². The molecular formula is C6H13NO. The normalized spacial score (nSPS) is 28.9. The molecule has 0 amide bonds. The molecule has 1 heterocycles. The quantitative estimate of drug-likeness (QED) is 0.573. The van der Waals surface area contributed by atoms with E-state index in [1.165, 1.54) is 12.8 Å². The molecule has 0 aromatic rings. The van der Waals surface area contributed by atoms with Gasteiger partial charge in [-0.15, -0.1) is 0 Å². The first kappa shape index (κ1) is 6.05. The van der Waals surface area contributed by atoms with E-state index in [2.05, 4.69) is 12.2 Å². The van der Waals surface area contributed by atoms with Crippen molar-refractivity contribution in [2.45, 2.75) is 26.0 Å². The SMILES string of the molecule is CCNC1CCCO1. The van der Waals surface area contributed by atoms with Crippen LogP contribution in [-0.4, -0.2) is 19.4 Å². The van der Waals surface area contributed by atoms with Crippen molar-refractivity contribution in [3.05, 3.63) is 0 Å². The van der Waals surface area contributed by atoms with Gasteiger partial charge in [0, 0.05) is 6.61 Å². The molecule has 2 nitrogen and oxygen atoms in total. The van der Waals surface area contributed by atoms with Gasteiger partial charge >= 0.3 is 0 Å². The van der Waals surface area contributed by atoms with Gasteiger partial charge in [-0.25, -0.2) is 0 Å². The molecule has 0 aromatic carbocycles. The minimum absolute atomic E-state index is 0.361. The fourth-order valence-electron chi connectivity index (χ4n) is 0.966. The summed E-state index contributed by atoms with van der Waals surface area (Å²) in [5.74, 6) is 0. The number of hydrogen-bond donors (Lipinski definition) is 1. The second kappa shape index (κ2) is 3.05. The van der Waals surface area contributed by atoms with Gasteiger partial charge in [0.2, 0.25) is 0 Å². The van der Waals surface area contributed by atoms with Crippen molar-refractivity contribution < 1.29 is 4.74 Å². The zero-order valence-electron chi connectivity index (χ0n) is 5.31. The number of nitrogens with one attached hydrogen (secondary N) is 1. The third-order valence-corrected chi connectivity index (χ3v) is 1.36. The zero-order valence-corrected chi connectivity index (χ0v) is 5.31. The largest absolute Gasteiger partial charge is 0.363 e. The van der Waals surface area contributed by atoms with Crippen LogP contribution >= 0.6 is 0 Å². The Morgan fingerprint density at radius 2 is 2.62 bits per heavy atom. The van der Waals surface area contributed by atoms with Crippen LogP contribution in [0.2, 0.25) is 0 Å². The Morgan fingerprint density at radius 1 is 1.75 bits per heavy atom. The zero-order chi connectivity index (χ0) is 5.82. The van der Waals surface area contributed by atoms with Crippen molar-refractivity contribution in [1.29, 1.82) is 0 Å². The van der Waals surface area contributed by atoms with Gasteiger partial charge in [-0.1, -0.05) is 6.92 Å². The molecule has 1 fully saturated rings. The molecule has 48 valence electrons. The first-order valence-corrected chi connectivity index (χ1v) is 3.28. The molecular weight excluding hydrogens is 102 g/mol. The Balaban J connectivity index is 2.06. The smallest absolute Gasteiger partial charge is 0.108 e. The van der Waals surface area contributed by atoms with Crippen LogP contribution in [0.25, 0.3) is 0 Å². The maximum absolute atomic E-state index is 5.28. The first-order chi connectivity index (χ1) is 3.93. The van der Waals surface area contributed by atoms with Gasteiger partial charge in [0.25, 0.3) is 0 Å². The maximum Gasteiger partial charge on any atom is 0.108 e. The Labute approximate surface area is 50.2 Å². The number of rotatable bonds is 2. The highest BCUT2D eigenvalue weighted by molar-refractivity contribution is 4.60. The van der Waals surface area contributed by atoms with Gasteiger partial charge < -0.3 is 4.74 Å². The van der Waals surface area contributed by atoms with Crippen molar-refractivity contribution in [2.75, 3.05) is 13.2 Å². The van der Waals surface area contributed by atoms with Gasteiger partial charge in [-0.2, -0.15) is 0 Å². The fourth-order valence-corrected chi connectivity index (χ4v) is 0.966. The van der Waals surface area contributed by atoms with E-state index in [0.29, 0.717) is 6.23 Å². The van der Waals surface area contributed by atoms with Crippen LogP contribution in [0.4, 0.5) is 0 Å². The molecule has 0 spiro atoms. The first-order valence-electron chi connectivity index (χ1n) is 3.28. The van der Waals surface area contributed by atoms with Crippen molar-refractivity contribution >= 4 is 0 Å².